The van der Waals surface area contributed by atoms with E-state index >= 15 is 0 Å². The molecule has 4 rings (SSSR count). The van der Waals surface area contributed by atoms with Crippen molar-refractivity contribution in [3.8, 4) is 0 Å². The summed E-state index contributed by atoms with van der Waals surface area (Å²) in [5.74, 6) is -0.333. The molecule has 8 heteroatoms. The minimum atomic E-state index is -3.83. The average Bonchev–Trinajstić information content (AvgIpc) is 3.28. The molecule has 1 saturated carbocycles. The second-order valence-electron chi connectivity index (χ2n) is 9.91. The Kier molecular flexibility index (Phi) is 7.50. The van der Waals surface area contributed by atoms with Crippen LogP contribution in [0.4, 0.5) is 5.69 Å². The molecule has 0 radical (unpaired) electrons. The summed E-state index contributed by atoms with van der Waals surface area (Å²) < 4.78 is 29.0. The molecule has 2 fully saturated rings. The Bertz CT molecular complexity index is 1200. The van der Waals surface area contributed by atoms with E-state index in [0.717, 1.165) is 37.7 Å². The average molecular weight is 498 g/mol. The van der Waals surface area contributed by atoms with Gasteiger partial charge in [-0.2, -0.15) is 0 Å². The minimum Gasteiger partial charge on any atom is -0.352 e. The first kappa shape index (κ1) is 25.2. The van der Waals surface area contributed by atoms with Gasteiger partial charge >= 0.3 is 0 Å². The third-order valence-electron chi connectivity index (χ3n) is 7.00. The van der Waals surface area contributed by atoms with E-state index in [2.05, 4.69) is 10.0 Å². The summed E-state index contributed by atoms with van der Waals surface area (Å²) in [6.45, 7) is 6.00. The number of benzene rings is 2. The molecule has 0 spiro atoms. The Morgan fingerprint density at radius 1 is 0.914 bits per heavy atom. The SMILES string of the molecule is Cc1cc(C)c(S(=O)(=O)Nc2cccc(C(=O)N3CCC[C@@H]3C(=O)NC3CCCCC3)c2)c(C)c1. The number of hydrogen-bond acceptors (Lipinski definition) is 4. The summed E-state index contributed by atoms with van der Waals surface area (Å²) in [6.07, 6.45) is 6.87. The van der Waals surface area contributed by atoms with E-state index in [1.165, 1.54) is 6.42 Å². The van der Waals surface area contributed by atoms with Crippen molar-refractivity contribution in [2.45, 2.75) is 82.7 Å². The molecule has 2 N–H and O–H groups in total. The molecule has 188 valence electrons. The van der Waals surface area contributed by atoms with Gasteiger partial charge in [0.25, 0.3) is 15.9 Å². The number of anilines is 1. The maximum atomic E-state index is 13.4. The number of hydrogen-bond donors (Lipinski definition) is 2. The molecule has 1 aliphatic carbocycles. The third-order valence-corrected chi connectivity index (χ3v) is 8.69. The Balaban J connectivity index is 1.50. The van der Waals surface area contributed by atoms with E-state index in [0.29, 0.717) is 35.3 Å². The summed E-state index contributed by atoms with van der Waals surface area (Å²) in [5.41, 5.74) is 3.02. The lowest BCUT2D eigenvalue weighted by Gasteiger charge is -2.28. The highest BCUT2D eigenvalue weighted by Crippen LogP contribution is 2.26. The lowest BCUT2D eigenvalue weighted by Crippen LogP contribution is -2.49. The zero-order valence-corrected chi connectivity index (χ0v) is 21.6. The largest absolute Gasteiger partial charge is 0.352 e. The molecule has 0 bridgehead atoms. The first-order chi connectivity index (χ1) is 16.7. The van der Waals surface area contributed by atoms with E-state index < -0.39 is 16.1 Å². The molecular weight excluding hydrogens is 462 g/mol. The van der Waals surface area contributed by atoms with E-state index in [4.69, 9.17) is 0 Å². The highest BCUT2D eigenvalue weighted by atomic mass is 32.2. The van der Waals surface area contributed by atoms with Crippen molar-refractivity contribution in [1.29, 1.82) is 0 Å². The normalized spacial score (nSPS) is 18.9. The van der Waals surface area contributed by atoms with Gasteiger partial charge in [0, 0.05) is 23.8 Å². The summed E-state index contributed by atoms with van der Waals surface area (Å²) >= 11 is 0. The summed E-state index contributed by atoms with van der Waals surface area (Å²) in [7, 11) is -3.83. The summed E-state index contributed by atoms with van der Waals surface area (Å²) in [6, 6.07) is 9.89. The minimum absolute atomic E-state index is 0.0788. The first-order valence-corrected chi connectivity index (χ1v) is 14.0. The smallest absolute Gasteiger partial charge is 0.262 e. The fourth-order valence-corrected chi connectivity index (χ4v) is 7.01. The maximum absolute atomic E-state index is 13.4. The molecule has 2 amide bonds. The van der Waals surface area contributed by atoms with Gasteiger partial charge in [-0.05, 0) is 75.8 Å². The van der Waals surface area contributed by atoms with Crippen LogP contribution in [-0.2, 0) is 14.8 Å². The lowest BCUT2D eigenvalue weighted by atomic mass is 9.95. The van der Waals surface area contributed by atoms with Gasteiger partial charge in [-0.1, -0.05) is 43.0 Å². The first-order valence-electron chi connectivity index (χ1n) is 12.5. The second-order valence-corrected chi connectivity index (χ2v) is 11.5. The van der Waals surface area contributed by atoms with Crippen LogP contribution < -0.4 is 10.0 Å². The number of rotatable bonds is 6. The monoisotopic (exact) mass is 497 g/mol. The van der Waals surface area contributed by atoms with Crippen LogP contribution in [0.5, 0.6) is 0 Å². The molecule has 2 aliphatic rings. The van der Waals surface area contributed by atoms with Crippen molar-refractivity contribution in [3.05, 3.63) is 58.7 Å². The zero-order chi connectivity index (χ0) is 25.2. The van der Waals surface area contributed by atoms with Crippen LogP contribution in [0, 0.1) is 20.8 Å². The predicted molar refractivity (Wildman–Crippen MR) is 137 cm³/mol. The molecule has 35 heavy (non-hydrogen) atoms. The van der Waals surface area contributed by atoms with E-state index in [1.807, 2.05) is 19.1 Å². The number of carbonyl (C=O) groups is 2. The molecule has 1 atom stereocenters. The van der Waals surface area contributed by atoms with Gasteiger partial charge in [-0.15, -0.1) is 0 Å². The van der Waals surface area contributed by atoms with Crippen LogP contribution in [0.1, 0.15) is 72.0 Å². The zero-order valence-electron chi connectivity index (χ0n) is 20.8. The Morgan fingerprint density at radius 2 is 1.60 bits per heavy atom. The van der Waals surface area contributed by atoms with E-state index in [1.54, 1.807) is 43.0 Å². The number of nitrogens with one attached hydrogen (secondary N) is 2. The van der Waals surface area contributed by atoms with Crippen LogP contribution in [0.15, 0.2) is 41.3 Å². The van der Waals surface area contributed by atoms with Gasteiger partial charge in [0.2, 0.25) is 5.91 Å². The van der Waals surface area contributed by atoms with Gasteiger partial charge in [0.05, 0.1) is 4.90 Å². The molecule has 2 aromatic rings. The number of amides is 2. The molecular formula is C27H35N3O4S. The van der Waals surface area contributed by atoms with Crippen molar-refractivity contribution >= 4 is 27.5 Å². The van der Waals surface area contributed by atoms with E-state index in [9.17, 15) is 18.0 Å². The Morgan fingerprint density at radius 3 is 2.29 bits per heavy atom. The molecule has 1 saturated heterocycles. The summed E-state index contributed by atoms with van der Waals surface area (Å²) in [5, 5.41) is 3.15. The number of aryl methyl sites for hydroxylation is 3. The van der Waals surface area contributed by atoms with E-state index in [-0.39, 0.29) is 22.8 Å². The molecule has 2 aromatic carbocycles. The van der Waals surface area contributed by atoms with Crippen LogP contribution >= 0.6 is 0 Å². The predicted octanol–water partition coefficient (Wildman–Crippen LogP) is 4.47. The van der Waals surface area contributed by atoms with Gasteiger partial charge in [0.15, 0.2) is 0 Å². The number of carbonyl (C=O) groups excluding carboxylic acids is 2. The standard InChI is InChI=1S/C27H35N3O4S/c1-18-15-19(2)25(20(3)16-18)35(33,34)29-23-12-7-9-21(17-23)27(32)30-14-8-13-24(30)26(31)28-22-10-5-4-6-11-22/h7,9,12,15-17,22,24,29H,4-6,8,10-11,13-14H2,1-3H3,(H,28,31)/t24-/m1/s1. The van der Waals surface area contributed by atoms with Crippen LogP contribution in [-0.4, -0.2) is 43.8 Å². The lowest BCUT2D eigenvalue weighted by molar-refractivity contribution is -0.125. The molecule has 0 aromatic heterocycles. The Labute approximate surface area is 208 Å². The van der Waals surface area contributed by atoms with Crippen molar-refractivity contribution in [3.63, 3.8) is 0 Å². The van der Waals surface area contributed by atoms with Gasteiger partial charge < -0.3 is 10.2 Å². The maximum Gasteiger partial charge on any atom is 0.262 e. The highest BCUT2D eigenvalue weighted by Gasteiger charge is 2.35. The number of sulfonamides is 1. The number of likely N-dealkylation sites (tertiary alicyclic amines) is 1. The molecule has 1 heterocycles. The van der Waals surface area contributed by atoms with Gasteiger partial charge in [-0.3, -0.25) is 14.3 Å². The highest BCUT2D eigenvalue weighted by molar-refractivity contribution is 7.92. The fourth-order valence-electron chi connectivity index (χ4n) is 5.51. The van der Waals surface area contributed by atoms with Crippen molar-refractivity contribution in [1.82, 2.24) is 10.2 Å². The molecule has 1 aliphatic heterocycles. The second kappa shape index (κ2) is 10.4. The quantitative estimate of drug-likeness (QED) is 0.616. The van der Waals surface area contributed by atoms with Gasteiger partial charge in [0.1, 0.15) is 6.04 Å². The molecule has 0 unspecified atom stereocenters. The van der Waals surface area contributed by atoms with Crippen molar-refractivity contribution in [2.24, 2.45) is 0 Å². The molecule has 7 nitrogen and oxygen atoms in total. The topological polar surface area (TPSA) is 95.6 Å². The van der Waals surface area contributed by atoms with Crippen molar-refractivity contribution in [2.75, 3.05) is 11.3 Å². The fraction of sp³-hybridized carbons (Fsp3) is 0.481. The summed E-state index contributed by atoms with van der Waals surface area (Å²) in [4.78, 5) is 28.2. The number of nitrogens with zero attached hydrogens (tertiary/aromatic N) is 1. The Hall–Kier alpha value is -2.87. The van der Waals surface area contributed by atoms with Crippen LogP contribution in [0.2, 0.25) is 0 Å². The van der Waals surface area contributed by atoms with Gasteiger partial charge in [-0.25, -0.2) is 8.42 Å². The van der Waals surface area contributed by atoms with Crippen LogP contribution in [0.25, 0.3) is 0 Å². The van der Waals surface area contributed by atoms with Crippen LogP contribution in [0.3, 0.4) is 0 Å². The van der Waals surface area contributed by atoms with Crippen molar-refractivity contribution < 1.29 is 18.0 Å². The third kappa shape index (κ3) is 5.69.